The Morgan fingerprint density at radius 3 is 2.55 bits per heavy atom. The summed E-state index contributed by atoms with van der Waals surface area (Å²) in [5, 5.41) is 10.8. The van der Waals surface area contributed by atoms with Gasteiger partial charge in [-0.2, -0.15) is 8.62 Å². The summed E-state index contributed by atoms with van der Waals surface area (Å²) in [7, 11) is -16.7. The maximum Gasteiger partial charge on any atom is 0.490 e. The summed E-state index contributed by atoms with van der Waals surface area (Å²) in [6.07, 6.45) is -2.44. The monoisotopic (exact) mass is 533 g/mol. The molecule has 0 amide bonds. The number of anilines is 1. The van der Waals surface area contributed by atoms with Crippen molar-refractivity contribution in [2.75, 3.05) is 12.3 Å². The van der Waals surface area contributed by atoms with Crippen LogP contribution in [0.3, 0.4) is 0 Å². The first-order valence-electron chi connectivity index (χ1n) is 8.87. The van der Waals surface area contributed by atoms with Gasteiger partial charge in [0.05, 0.1) is 12.9 Å². The Labute approximate surface area is 183 Å². The highest BCUT2D eigenvalue weighted by Gasteiger charge is 2.65. The average molecular weight is 533 g/mol. The predicted molar refractivity (Wildman–Crippen MR) is 103 cm³/mol. The summed E-state index contributed by atoms with van der Waals surface area (Å²) < 4.78 is 59.6. The van der Waals surface area contributed by atoms with Crippen LogP contribution < -0.4 is 5.73 Å². The molecular formula is C12H18N5O13P3. The molecule has 21 heteroatoms. The fourth-order valence-corrected chi connectivity index (χ4v) is 6.87. The van der Waals surface area contributed by atoms with Gasteiger partial charge in [0.25, 0.3) is 0 Å². The van der Waals surface area contributed by atoms with Gasteiger partial charge in [-0.15, -0.1) is 0 Å². The molecule has 7 atom stereocenters. The lowest BCUT2D eigenvalue weighted by Crippen LogP contribution is -2.50. The summed E-state index contributed by atoms with van der Waals surface area (Å²) in [5.74, 6) is 0.0964. The molecule has 2 fully saturated rings. The minimum atomic E-state index is -5.72. The Morgan fingerprint density at radius 2 is 1.88 bits per heavy atom. The number of nitrogens with zero attached hydrogens (tertiary/aromatic N) is 4. The van der Waals surface area contributed by atoms with E-state index in [0.717, 1.165) is 0 Å². The molecule has 0 aromatic carbocycles. The van der Waals surface area contributed by atoms with Gasteiger partial charge < -0.3 is 39.9 Å². The van der Waals surface area contributed by atoms with Gasteiger partial charge in [0.2, 0.25) is 0 Å². The van der Waals surface area contributed by atoms with E-state index in [1.165, 1.54) is 24.1 Å². The summed E-state index contributed by atoms with van der Waals surface area (Å²) >= 11 is 0. The topological polar surface area (TPSA) is 268 Å². The van der Waals surface area contributed by atoms with Crippen LogP contribution in [0, 0.1) is 0 Å². The van der Waals surface area contributed by atoms with Crippen LogP contribution in [0.5, 0.6) is 0 Å². The number of hydrogen-bond acceptors (Lipinski definition) is 13. The van der Waals surface area contributed by atoms with Crippen LogP contribution in [0.15, 0.2) is 12.7 Å². The highest BCUT2D eigenvalue weighted by atomic mass is 31.3. The first-order valence-corrected chi connectivity index (χ1v) is 13.4. The van der Waals surface area contributed by atoms with Crippen LogP contribution in [0.4, 0.5) is 5.82 Å². The fourth-order valence-electron chi connectivity index (χ4n) is 3.63. The number of rotatable bonds is 8. The highest BCUT2D eigenvalue weighted by Crippen LogP contribution is 2.67. The first kappa shape index (κ1) is 24.8. The number of phosphoric ester groups is 1. The van der Waals surface area contributed by atoms with Crippen molar-refractivity contribution in [1.82, 2.24) is 19.5 Å². The van der Waals surface area contributed by atoms with E-state index in [9.17, 15) is 28.6 Å². The Kier molecular flexibility index (Phi) is 6.08. The minimum Gasteiger partial charge on any atom is -0.387 e. The molecule has 18 nitrogen and oxygen atoms in total. The highest BCUT2D eigenvalue weighted by molar-refractivity contribution is 7.66. The Hall–Kier alpha value is -1.36. The third-order valence-corrected chi connectivity index (χ3v) is 8.90. The standard InChI is InChI=1S/C12H18N5O13P3/c1-5(28-32(22,23)30-33(24,25)29-31(19,20)21)12-2-26-7(8(12)18)11(27-12)17-4-16-6-9(13)14-3-15-10(6)17/h3-5,7-8,11,18H,2H2,1H3,(H,22,23)(H,24,25)(H2,13,14,15)(H2,19,20,21)/t5-,7+,8-,11+,12+/m0/s1. The number of nitrogen functional groups attached to an aromatic ring is 1. The molecule has 0 saturated carbocycles. The zero-order valence-corrected chi connectivity index (χ0v) is 19.1. The molecule has 2 aliphatic heterocycles. The summed E-state index contributed by atoms with van der Waals surface area (Å²) in [4.78, 5) is 48.3. The van der Waals surface area contributed by atoms with E-state index in [1.54, 1.807) is 0 Å². The molecule has 184 valence electrons. The van der Waals surface area contributed by atoms with Gasteiger partial charge in [-0.05, 0) is 6.92 Å². The molecule has 0 radical (unpaired) electrons. The summed E-state index contributed by atoms with van der Waals surface area (Å²) in [6.45, 7) is 0.873. The van der Waals surface area contributed by atoms with Gasteiger partial charge in [0.15, 0.2) is 17.7 Å². The Morgan fingerprint density at radius 1 is 1.18 bits per heavy atom. The lowest BCUT2D eigenvalue weighted by atomic mass is 9.94. The molecule has 33 heavy (non-hydrogen) atoms. The van der Waals surface area contributed by atoms with Crippen molar-refractivity contribution in [1.29, 1.82) is 0 Å². The second kappa shape index (κ2) is 8.10. The number of phosphoric acid groups is 3. The van der Waals surface area contributed by atoms with Crippen molar-refractivity contribution in [3.05, 3.63) is 12.7 Å². The van der Waals surface area contributed by atoms with E-state index < -0.39 is 53.6 Å². The van der Waals surface area contributed by atoms with Crippen molar-refractivity contribution in [3.8, 4) is 0 Å². The molecule has 4 heterocycles. The van der Waals surface area contributed by atoms with Crippen molar-refractivity contribution in [2.45, 2.75) is 37.1 Å². The van der Waals surface area contributed by atoms with Crippen LogP contribution >= 0.6 is 23.5 Å². The number of hydrogen-bond donors (Lipinski definition) is 6. The van der Waals surface area contributed by atoms with Crippen molar-refractivity contribution in [2.24, 2.45) is 0 Å². The molecule has 7 N–H and O–H groups in total. The van der Waals surface area contributed by atoms with Gasteiger partial charge in [-0.25, -0.2) is 28.6 Å². The zero-order chi connectivity index (χ0) is 24.4. The molecule has 2 unspecified atom stereocenters. The van der Waals surface area contributed by atoms with Gasteiger partial charge in [0, 0.05) is 0 Å². The normalized spacial score (nSPS) is 32.0. The summed E-state index contributed by atoms with van der Waals surface area (Å²) in [5.41, 5.74) is 4.52. The van der Waals surface area contributed by atoms with Crippen molar-refractivity contribution < 1.29 is 61.0 Å². The fraction of sp³-hybridized carbons (Fsp3) is 0.583. The lowest BCUT2D eigenvalue weighted by Gasteiger charge is -2.35. The van der Waals surface area contributed by atoms with Crippen LogP contribution in [-0.2, 0) is 36.3 Å². The SMILES string of the molecule is C[C@H](OP(=O)(O)OP(=O)(O)OP(=O)(O)O)[C@@]12CO[C@@H]([C@H](n3cnc4c(N)ncnc43)O1)[C@@H]2O. The summed E-state index contributed by atoms with van der Waals surface area (Å²) in [6, 6.07) is 0. The number of aliphatic hydroxyl groups excluding tert-OH is 1. The maximum absolute atomic E-state index is 12.2. The quantitative estimate of drug-likeness (QED) is 0.226. The van der Waals surface area contributed by atoms with Crippen molar-refractivity contribution in [3.63, 3.8) is 0 Å². The number of fused-ring (bicyclic) bond motifs is 3. The molecule has 2 aliphatic rings. The smallest absolute Gasteiger partial charge is 0.387 e. The molecule has 2 aromatic heterocycles. The van der Waals surface area contributed by atoms with Crippen LogP contribution in [0.2, 0.25) is 0 Å². The van der Waals surface area contributed by atoms with Gasteiger partial charge in [0.1, 0.15) is 35.8 Å². The molecule has 2 aromatic rings. The minimum absolute atomic E-state index is 0.0964. The average Bonchev–Trinajstić information content (AvgIpc) is 3.29. The van der Waals surface area contributed by atoms with E-state index >= 15 is 0 Å². The predicted octanol–water partition coefficient (Wildman–Crippen LogP) is -0.832. The third-order valence-electron chi connectivity index (χ3n) is 4.99. The molecule has 2 bridgehead atoms. The number of aromatic nitrogens is 4. The van der Waals surface area contributed by atoms with Crippen LogP contribution in [-0.4, -0.2) is 74.7 Å². The third kappa shape index (κ3) is 4.63. The van der Waals surface area contributed by atoms with Crippen LogP contribution in [0.25, 0.3) is 11.2 Å². The second-order valence-electron chi connectivity index (χ2n) is 7.11. The molecular weight excluding hydrogens is 515 g/mol. The molecule has 2 saturated heterocycles. The Bertz CT molecular complexity index is 1220. The number of aliphatic hydroxyl groups is 1. The lowest BCUT2D eigenvalue weighted by molar-refractivity contribution is -0.202. The molecule has 0 aliphatic carbocycles. The number of nitrogens with two attached hydrogens (primary N) is 1. The maximum atomic E-state index is 12.2. The molecule has 4 rings (SSSR count). The van der Waals surface area contributed by atoms with E-state index in [1.807, 2.05) is 0 Å². The largest absolute Gasteiger partial charge is 0.490 e. The van der Waals surface area contributed by atoms with Crippen molar-refractivity contribution >= 4 is 40.4 Å². The first-order chi connectivity index (χ1) is 15.1. The van der Waals surface area contributed by atoms with E-state index in [4.69, 9.17) is 29.5 Å². The second-order valence-corrected chi connectivity index (χ2v) is 11.5. The zero-order valence-electron chi connectivity index (χ0n) is 16.4. The van der Waals surface area contributed by atoms with E-state index in [-0.39, 0.29) is 23.6 Å². The molecule has 0 spiro atoms. The van der Waals surface area contributed by atoms with E-state index in [0.29, 0.717) is 0 Å². The van der Waals surface area contributed by atoms with Gasteiger partial charge in [-0.1, -0.05) is 0 Å². The number of imidazole rings is 1. The number of ether oxygens (including phenoxy) is 2. The van der Waals surface area contributed by atoms with Crippen LogP contribution in [0.1, 0.15) is 13.2 Å². The van der Waals surface area contributed by atoms with E-state index in [2.05, 4.69) is 23.6 Å². The Balaban J connectivity index is 1.55. The van der Waals surface area contributed by atoms with Gasteiger partial charge >= 0.3 is 23.5 Å². The van der Waals surface area contributed by atoms with Gasteiger partial charge in [-0.3, -0.25) is 9.09 Å².